The van der Waals surface area contributed by atoms with E-state index in [1.807, 2.05) is 38.2 Å². The van der Waals surface area contributed by atoms with E-state index in [0.29, 0.717) is 10.8 Å². The van der Waals surface area contributed by atoms with Crippen LogP contribution in [-0.4, -0.2) is 22.9 Å². The monoisotopic (exact) mass is 298 g/mol. The van der Waals surface area contributed by atoms with E-state index in [-0.39, 0.29) is 5.91 Å². The van der Waals surface area contributed by atoms with Crippen molar-refractivity contribution in [1.82, 2.24) is 9.97 Å². The van der Waals surface area contributed by atoms with E-state index < -0.39 is 0 Å². The Morgan fingerprint density at radius 1 is 1.29 bits per heavy atom. The van der Waals surface area contributed by atoms with Gasteiger partial charge in [-0.2, -0.15) is 0 Å². The Labute approximate surface area is 126 Å². The predicted molar refractivity (Wildman–Crippen MR) is 86.1 cm³/mol. The molecule has 6 heteroatoms. The second-order valence-electron chi connectivity index (χ2n) is 4.55. The largest absolute Gasteiger partial charge is 0.388 e. The highest BCUT2D eigenvalue weighted by Crippen LogP contribution is 2.23. The molecule has 0 unspecified atom stereocenters. The molecule has 0 saturated heterocycles. The molecule has 21 heavy (non-hydrogen) atoms. The quantitative estimate of drug-likeness (QED) is 0.778. The van der Waals surface area contributed by atoms with Crippen molar-refractivity contribution in [2.45, 2.75) is 6.92 Å². The Hall–Kier alpha value is -2.47. The number of aromatic nitrogens is 2. The lowest BCUT2D eigenvalue weighted by molar-refractivity contribution is 0.102. The summed E-state index contributed by atoms with van der Waals surface area (Å²) in [5.41, 5.74) is 2.02. The zero-order valence-corrected chi connectivity index (χ0v) is 12.5. The van der Waals surface area contributed by atoms with Gasteiger partial charge in [0, 0.05) is 29.2 Å². The Morgan fingerprint density at radius 2 is 2.10 bits per heavy atom. The number of fused-ring (bicyclic) bond motifs is 1. The van der Waals surface area contributed by atoms with E-state index >= 15 is 0 Å². The molecule has 0 radical (unpaired) electrons. The molecule has 0 saturated carbocycles. The van der Waals surface area contributed by atoms with E-state index in [1.54, 1.807) is 12.3 Å². The van der Waals surface area contributed by atoms with Gasteiger partial charge in [0.2, 0.25) is 0 Å². The number of para-hydroxylation sites is 1. The number of hydrogen-bond donors (Lipinski definition) is 2. The maximum atomic E-state index is 12.3. The molecule has 0 aliphatic rings. The zero-order valence-electron chi connectivity index (χ0n) is 11.7. The summed E-state index contributed by atoms with van der Waals surface area (Å²) < 4.78 is 0. The summed E-state index contributed by atoms with van der Waals surface area (Å²) in [5, 5.41) is 7.44. The fraction of sp³-hybridized carbons (Fsp3) is 0.133. The number of hydrogen-bond acceptors (Lipinski definition) is 5. The molecule has 106 valence electrons. The maximum Gasteiger partial charge on any atom is 0.276 e. The number of rotatable bonds is 3. The fourth-order valence-corrected chi connectivity index (χ4v) is 2.73. The molecule has 0 fully saturated rings. The van der Waals surface area contributed by atoms with Crippen molar-refractivity contribution < 1.29 is 4.79 Å². The Kier molecular flexibility index (Phi) is 3.53. The highest BCUT2D eigenvalue weighted by atomic mass is 32.1. The van der Waals surface area contributed by atoms with Gasteiger partial charge in [-0.3, -0.25) is 10.1 Å². The van der Waals surface area contributed by atoms with Gasteiger partial charge in [-0.05, 0) is 19.1 Å². The van der Waals surface area contributed by atoms with Crippen LogP contribution in [0, 0.1) is 6.92 Å². The lowest BCUT2D eigenvalue weighted by atomic mass is 10.1. The van der Waals surface area contributed by atoms with E-state index in [2.05, 4.69) is 20.6 Å². The molecule has 0 spiro atoms. The van der Waals surface area contributed by atoms with Gasteiger partial charge >= 0.3 is 0 Å². The number of thiazole rings is 1. The average molecular weight is 298 g/mol. The van der Waals surface area contributed by atoms with Crippen LogP contribution in [0.3, 0.4) is 0 Å². The van der Waals surface area contributed by atoms with E-state index in [9.17, 15) is 4.79 Å². The van der Waals surface area contributed by atoms with Gasteiger partial charge in [-0.25, -0.2) is 9.97 Å². The van der Waals surface area contributed by atoms with Crippen molar-refractivity contribution >= 4 is 39.0 Å². The first-order valence-electron chi connectivity index (χ1n) is 6.48. The number of nitrogens with zero attached hydrogens (tertiary/aromatic N) is 2. The number of carbonyl (C=O) groups excluding carboxylic acids is 1. The van der Waals surface area contributed by atoms with Crippen molar-refractivity contribution in [1.29, 1.82) is 0 Å². The SMILES string of the molecule is CNc1cc(C(=O)Nc2ncc(C)s2)nc2ccccc12. The summed E-state index contributed by atoms with van der Waals surface area (Å²) in [7, 11) is 1.83. The van der Waals surface area contributed by atoms with E-state index in [0.717, 1.165) is 21.5 Å². The highest BCUT2D eigenvalue weighted by molar-refractivity contribution is 7.15. The second-order valence-corrected chi connectivity index (χ2v) is 5.79. The topological polar surface area (TPSA) is 66.9 Å². The molecular weight excluding hydrogens is 284 g/mol. The van der Waals surface area contributed by atoms with Crippen LogP contribution < -0.4 is 10.6 Å². The van der Waals surface area contributed by atoms with Crippen molar-refractivity contribution in [3.05, 3.63) is 47.1 Å². The predicted octanol–water partition coefficient (Wildman–Crippen LogP) is 3.29. The molecule has 2 heterocycles. The summed E-state index contributed by atoms with van der Waals surface area (Å²) in [6.07, 6.45) is 1.73. The van der Waals surface area contributed by atoms with Crippen LogP contribution in [0.5, 0.6) is 0 Å². The first kappa shape index (κ1) is 13.5. The third-order valence-corrected chi connectivity index (χ3v) is 3.89. The molecule has 3 rings (SSSR count). The number of pyridine rings is 1. The van der Waals surface area contributed by atoms with Gasteiger partial charge in [-0.1, -0.05) is 18.2 Å². The van der Waals surface area contributed by atoms with Gasteiger partial charge in [-0.15, -0.1) is 11.3 Å². The Balaban J connectivity index is 1.98. The zero-order chi connectivity index (χ0) is 14.8. The highest BCUT2D eigenvalue weighted by Gasteiger charge is 2.13. The smallest absolute Gasteiger partial charge is 0.276 e. The minimum atomic E-state index is -0.258. The van der Waals surface area contributed by atoms with E-state index in [1.165, 1.54) is 11.3 Å². The maximum absolute atomic E-state index is 12.3. The Bertz CT molecular complexity index is 812. The molecular formula is C15H14N4OS. The molecule has 0 aliphatic carbocycles. The third-order valence-electron chi connectivity index (χ3n) is 3.06. The number of benzene rings is 1. The number of aryl methyl sites for hydroxylation is 1. The number of anilines is 2. The van der Waals surface area contributed by atoms with Gasteiger partial charge in [0.05, 0.1) is 5.52 Å². The lowest BCUT2D eigenvalue weighted by Crippen LogP contribution is -2.14. The van der Waals surface area contributed by atoms with Crippen LogP contribution in [0.25, 0.3) is 10.9 Å². The van der Waals surface area contributed by atoms with Crippen LogP contribution >= 0.6 is 11.3 Å². The number of carbonyl (C=O) groups is 1. The summed E-state index contributed by atoms with van der Waals surface area (Å²) in [6, 6.07) is 9.46. The van der Waals surface area contributed by atoms with Crippen LogP contribution in [-0.2, 0) is 0 Å². The normalized spacial score (nSPS) is 10.6. The molecule has 3 aromatic rings. The molecule has 5 nitrogen and oxygen atoms in total. The minimum absolute atomic E-state index is 0.258. The number of amides is 1. The first-order valence-corrected chi connectivity index (χ1v) is 7.30. The summed E-state index contributed by atoms with van der Waals surface area (Å²) in [4.78, 5) is 21.9. The fourth-order valence-electron chi connectivity index (χ4n) is 2.07. The lowest BCUT2D eigenvalue weighted by Gasteiger charge is -2.08. The summed E-state index contributed by atoms with van der Waals surface area (Å²) >= 11 is 1.44. The van der Waals surface area contributed by atoms with Gasteiger partial charge in [0.1, 0.15) is 5.69 Å². The molecule has 0 atom stereocenters. The standard InChI is InChI=1S/C15H14N4OS/c1-9-8-17-15(21-9)19-14(20)13-7-12(16-2)10-5-3-4-6-11(10)18-13/h3-8H,1-2H3,(H,16,18)(H,17,19,20). The van der Waals surface area contributed by atoms with Gasteiger partial charge < -0.3 is 5.32 Å². The van der Waals surface area contributed by atoms with Crippen molar-refractivity contribution in [2.24, 2.45) is 0 Å². The second kappa shape index (κ2) is 5.49. The van der Waals surface area contributed by atoms with Crippen LogP contribution in [0.15, 0.2) is 36.5 Å². The van der Waals surface area contributed by atoms with Crippen molar-refractivity contribution in [3.63, 3.8) is 0 Å². The van der Waals surface area contributed by atoms with Crippen LogP contribution in [0.2, 0.25) is 0 Å². The van der Waals surface area contributed by atoms with Crippen LogP contribution in [0.1, 0.15) is 15.4 Å². The van der Waals surface area contributed by atoms with Crippen LogP contribution in [0.4, 0.5) is 10.8 Å². The van der Waals surface area contributed by atoms with Gasteiger partial charge in [0.25, 0.3) is 5.91 Å². The molecule has 1 aromatic carbocycles. The van der Waals surface area contributed by atoms with Crippen molar-refractivity contribution in [3.8, 4) is 0 Å². The third kappa shape index (κ3) is 2.71. The molecule has 1 amide bonds. The molecule has 0 bridgehead atoms. The molecule has 2 N–H and O–H groups in total. The minimum Gasteiger partial charge on any atom is -0.388 e. The summed E-state index contributed by atoms with van der Waals surface area (Å²) in [5.74, 6) is -0.258. The average Bonchev–Trinajstić information content (AvgIpc) is 2.91. The number of nitrogens with one attached hydrogen (secondary N) is 2. The van der Waals surface area contributed by atoms with Gasteiger partial charge in [0.15, 0.2) is 5.13 Å². The molecule has 0 aliphatic heterocycles. The summed E-state index contributed by atoms with van der Waals surface area (Å²) in [6.45, 7) is 1.95. The molecule has 2 aromatic heterocycles. The van der Waals surface area contributed by atoms with E-state index in [4.69, 9.17) is 0 Å². The first-order chi connectivity index (χ1) is 10.2. The Morgan fingerprint density at radius 3 is 2.81 bits per heavy atom. The van der Waals surface area contributed by atoms with Crippen molar-refractivity contribution in [2.75, 3.05) is 17.7 Å².